The van der Waals surface area contributed by atoms with Gasteiger partial charge in [-0.15, -0.1) is 0 Å². The first-order valence-electron chi connectivity index (χ1n) is 7.47. The Bertz CT molecular complexity index is 735. The fraction of sp³-hybridized carbons (Fsp3) is 0.467. The number of carbonyl (C=O) groups excluding carboxylic acids is 1. The van der Waals surface area contributed by atoms with E-state index >= 15 is 0 Å². The Morgan fingerprint density at radius 3 is 2.67 bits per heavy atom. The van der Waals surface area contributed by atoms with E-state index in [-0.39, 0.29) is 17.8 Å². The molecule has 2 fully saturated rings. The molecule has 110 valence electrons. The number of piperidine rings is 1. The van der Waals surface area contributed by atoms with Crippen molar-refractivity contribution in [2.75, 3.05) is 0 Å². The first kappa shape index (κ1) is 12.6. The molecule has 6 nitrogen and oxygen atoms in total. The van der Waals surface area contributed by atoms with Crippen molar-refractivity contribution in [3.8, 4) is 0 Å². The summed E-state index contributed by atoms with van der Waals surface area (Å²) in [6.07, 6.45) is 4.26. The first-order valence-corrected chi connectivity index (χ1v) is 7.47. The van der Waals surface area contributed by atoms with Crippen LogP contribution in [0.4, 0.5) is 4.79 Å². The number of H-pyrrole nitrogens is 1. The van der Waals surface area contributed by atoms with E-state index in [1.807, 2.05) is 12.1 Å². The van der Waals surface area contributed by atoms with E-state index < -0.39 is 0 Å². The summed E-state index contributed by atoms with van der Waals surface area (Å²) in [5, 5.41) is 6.56. The van der Waals surface area contributed by atoms with E-state index in [1.165, 1.54) is 17.4 Å². The Labute approximate surface area is 121 Å². The van der Waals surface area contributed by atoms with Gasteiger partial charge >= 0.3 is 11.7 Å². The monoisotopic (exact) mass is 286 g/mol. The summed E-state index contributed by atoms with van der Waals surface area (Å²) in [5.74, 6) is 0. The van der Waals surface area contributed by atoms with Gasteiger partial charge in [-0.1, -0.05) is 12.1 Å². The predicted octanol–water partition coefficient (Wildman–Crippen LogP) is 1.17. The number of amides is 1. The predicted molar refractivity (Wildman–Crippen MR) is 79.5 cm³/mol. The second-order valence-electron chi connectivity index (χ2n) is 6.04. The van der Waals surface area contributed by atoms with Gasteiger partial charge in [-0.05, 0) is 37.8 Å². The van der Waals surface area contributed by atoms with E-state index in [4.69, 9.17) is 0 Å². The Kier molecular flexibility index (Phi) is 2.85. The molecule has 0 spiro atoms. The molecule has 2 aliphatic rings. The van der Waals surface area contributed by atoms with Gasteiger partial charge in [0.05, 0.1) is 11.0 Å². The van der Waals surface area contributed by atoms with Gasteiger partial charge in [-0.25, -0.2) is 14.2 Å². The number of aromatic nitrogens is 2. The maximum absolute atomic E-state index is 12.5. The van der Waals surface area contributed by atoms with Gasteiger partial charge in [-0.3, -0.25) is 0 Å². The molecule has 3 N–H and O–H groups in total. The van der Waals surface area contributed by atoms with Gasteiger partial charge < -0.3 is 15.6 Å². The van der Waals surface area contributed by atoms with E-state index in [2.05, 4.69) is 15.6 Å². The lowest BCUT2D eigenvalue weighted by Gasteiger charge is -2.29. The number of hydrogen-bond donors (Lipinski definition) is 3. The lowest BCUT2D eigenvalue weighted by molar-refractivity contribution is 0.231. The highest BCUT2D eigenvalue weighted by Gasteiger charge is 2.34. The van der Waals surface area contributed by atoms with E-state index in [9.17, 15) is 9.59 Å². The molecule has 2 saturated heterocycles. The number of aromatic amines is 1. The summed E-state index contributed by atoms with van der Waals surface area (Å²) in [6, 6.07) is 8.07. The maximum atomic E-state index is 12.5. The van der Waals surface area contributed by atoms with Crippen LogP contribution in [0.15, 0.2) is 29.1 Å². The minimum absolute atomic E-state index is 0.150. The van der Waals surface area contributed by atoms with Gasteiger partial charge in [0.2, 0.25) is 0 Å². The zero-order valence-corrected chi connectivity index (χ0v) is 11.6. The maximum Gasteiger partial charge on any atom is 0.334 e. The number of imidazole rings is 1. The Morgan fingerprint density at radius 2 is 1.90 bits per heavy atom. The molecule has 2 atom stereocenters. The summed E-state index contributed by atoms with van der Waals surface area (Å²) in [5.41, 5.74) is 0.922. The third-order valence-electron chi connectivity index (χ3n) is 4.59. The average Bonchev–Trinajstić information content (AvgIpc) is 2.97. The molecule has 0 saturated carbocycles. The third kappa shape index (κ3) is 2.15. The van der Waals surface area contributed by atoms with Crippen LogP contribution in [0.25, 0.3) is 11.0 Å². The molecule has 4 rings (SSSR count). The van der Waals surface area contributed by atoms with Crippen molar-refractivity contribution < 1.29 is 4.79 Å². The molecule has 2 bridgehead atoms. The minimum Gasteiger partial charge on any atom is -0.334 e. The van der Waals surface area contributed by atoms with Crippen LogP contribution in [0.3, 0.4) is 0 Å². The van der Waals surface area contributed by atoms with Crippen LogP contribution in [0, 0.1) is 0 Å². The van der Waals surface area contributed by atoms with Crippen molar-refractivity contribution in [1.82, 2.24) is 20.2 Å². The smallest absolute Gasteiger partial charge is 0.334 e. The molecular weight excluding hydrogens is 268 g/mol. The molecule has 3 heterocycles. The van der Waals surface area contributed by atoms with E-state index in [1.54, 1.807) is 12.1 Å². The summed E-state index contributed by atoms with van der Waals surface area (Å²) < 4.78 is 1.19. The average molecular weight is 286 g/mol. The van der Waals surface area contributed by atoms with Gasteiger partial charge in [0.25, 0.3) is 0 Å². The number of hydrogen-bond acceptors (Lipinski definition) is 3. The van der Waals surface area contributed by atoms with Crippen LogP contribution < -0.4 is 16.3 Å². The zero-order chi connectivity index (χ0) is 14.4. The number of para-hydroxylation sites is 2. The summed E-state index contributed by atoms with van der Waals surface area (Å²) in [4.78, 5) is 27.2. The highest BCUT2D eigenvalue weighted by Crippen LogP contribution is 2.26. The highest BCUT2D eigenvalue weighted by atomic mass is 16.2. The molecule has 1 aromatic heterocycles. The topological polar surface area (TPSA) is 78.9 Å². The van der Waals surface area contributed by atoms with E-state index in [0.717, 1.165) is 12.8 Å². The molecule has 21 heavy (non-hydrogen) atoms. The third-order valence-corrected chi connectivity index (χ3v) is 4.59. The quantitative estimate of drug-likeness (QED) is 0.736. The van der Waals surface area contributed by atoms with Gasteiger partial charge in [-0.2, -0.15) is 0 Å². The van der Waals surface area contributed by atoms with Crippen LogP contribution in [-0.2, 0) is 0 Å². The highest BCUT2D eigenvalue weighted by molar-refractivity contribution is 5.89. The molecule has 2 unspecified atom stereocenters. The lowest BCUT2D eigenvalue weighted by atomic mass is 10.0. The molecule has 6 heteroatoms. The Balaban J connectivity index is 1.59. The fourth-order valence-corrected chi connectivity index (χ4v) is 3.67. The number of rotatable bonds is 1. The molecule has 0 aliphatic carbocycles. The SMILES string of the molecule is O=C(NC1CC2CCC(C1)N2)n1c(=O)[nH]c2ccccc21. The zero-order valence-electron chi connectivity index (χ0n) is 11.6. The van der Waals surface area contributed by atoms with Crippen LogP contribution >= 0.6 is 0 Å². The van der Waals surface area contributed by atoms with Crippen LogP contribution in [0.1, 0.15) is 25.7 Å². The number of benzene rings is 1. The number of fused-ring (bicyclic) bond motifs is 3. The van der Waals surface area contributed by atoms with Crippen molar-refractivity contribution >= 4 is 17.1 Å². The van der Waals surface area contributed by atoms with Gasteiger partial charge in [0.15, 0.2) is 0 Å². The van der Waals surface area contributed by atoms with Crippen molar-refractivity contribution in [2.45, 2.75) is 43.8 Å². The largest absolute Gasteiger partial charge is 0.334 e. The first-order chi connectivity index (χ1) is 10.2. The van der Waals surface area contributed by atoms with Crippen LogP contribution in [0.5, 0.6) is 0 Å². The minimum atomic E-state index is -0.384. The standard InChI is InChI=1S/C15H18N4O2/c20-14(17-11-7-9-5-6-10(8-11)16-9)19-13-4-2-1-3-12(13)18-15(19)21/h1-4,9-11,16H,5-8H2,(H,17,20)(H,18,21). The summed E-state index contributed by atoms with van der Waals surface area (Å²) in [7, 11) is 0. The normalized spacial score (nSPS) is 27.9. The molecular formula is C15H18N4O2. The van der Waals surface area contributed by atoms with Crippen molar-refractivity contribution in [3.63, 3.8) is 0 Å². The molecule has 2 aromatic rings. The molecule has 1 amide bonds. The van der Waals surface area contributed by atoms with E-state index in [0.29, 0.717) is 23.1 Å². The molecule has 0 radical (unpaired) electrons. The summed E-state index contributed by atoms with van der Waals surface area (Å²) >= 11 is 0. The number of nitrogens with zero attached hydrogens (tertiary/aromatic N) is 1. The van der Waals surface area contributed by atoms with Crippen LogP contribution in [-0.4, -0.2) is 33.7 Å². The molecule has 1 aromatic carbocycles. The Hall–Kier alpha value is -2.08. The second kappa shape index (κ2) is 4.73. The van der Waals surface area contributed by atoms with Gasteiger partial charge in [0, 0.05) is 18.1 Å². The number of nitrogens with one attached hydrogen (secondary N) is 3. The molecule has 2 aliphatic heterocycles. The number of carbonyl (C=O) groups is 1. The second-order valence-corrected chi connectivity index (χ2v) is 6.04. The van der Waals surface area contributed by atoms with Crippen molar-refractivity contribution in [2.24, 2.45) is 0 Å². The van der Waals surface area contributed by atoms with Gasteiger partial charge in [0.1, 0.15) is 0 Å². The lowest BCUT2D eigenvalue weighted by Crippen LogP contribution is -2.49. The van der Waals surface area contributed by atoms with Crippen molar-refractivity contribution in [3.05, 3.63) is 34.7 Å². The Morgan fingerprint density at radius 1 is 1.19 bits per heavy atom. The fourth-order valence-electron chi connectivity index (χ4n) is 3.67. The summed E-state index contributed by atoms with van der Waals surface area (Å²) in [6.45, 7) is 0. The van der Waals surface area contributed by atoms with Crippen molar-refractivity contribution in [1.29, 1.82) is 0 Å². The van der Waals surface area contributed by atoms with Crippen LogP contribution in [0.2, 0.25) is 0 Å².